The molecule has 2 aromatic rings. The van der Waals surface area contributed by atoms with E-state index < -0.39 is 0 Å². The van der Waals surface area contributed by atoms with Gasteiger partial charge >= 0.3 is 0 Å². The molecule has 0 saturated carbocycles. The highest BCUT2D eigenvalue weighted by atomic mass is 16.6. The minimum atomic E-state index is -0.218. The van der Waals surface area contributed by atoms with Gasteiger partial charge in [0.1, 0.15) is 13.2 Å². The molecule has 2 heterocycles. The second-order valence-electron chi connectivity index (χ2n) is 6.57. The molecule has 2 amide bonds. The van der Waals surface area contributed by atoms with Crippen molar-refractivity contribution >= 4 is 17.5 Å². The highest BCUT2D eigenvalue weighted by Gasteiger charge is 2.32. The third-order valence-corrected chi connectivity index (χ3v) is 4.61. The molecule has 4 rings (SSSR count). The van der Waals surface area contributed by atoms with Gasteiger partial charge in [0.15, 0.2) is 11.5 Å². The molecular weight excluding hydrogens is 332 g/mol. The largest absolute Gasteiger partial charge is 0.486 e. The van der Waals surface area contributed by atoms with Crippen molar-refractivity contribution in [3.63, 3.8) is 0 Å². The molecule has 1 N–H and O–H groups in total. The smallest absolute Gasteiger partial charge is 0.251 e. The minimum absolute atomic E-state index is 0.0177. The number of anilines is 1. The first-order valence-electron chi connectivity index (χ1n) is 8.68. The Balaban J connectivity index is 1.45. The van der Waals surface area contributed by atoms with Crippen LogP contribution in [0, 0.1) is 6.92 Å². The summed E-state index contributed by atoms with van der Waals surface area (Å²) in [6.07, 6.45) is 0.284. The van der Waals surface area contributed by atoms with Crippen LogP contribution in [0.3, 0.4) is 0 Å². The lowest BCUT2D eigenvalue weighted by Gasteiger charge is -2.22. The van der Waals surface area contributed by atoms with E-state index in [0.717, 1.165) is 11.3 Å². The average Bonchev–Trinajstić information content (AvgIpc) is 3.02. The number of fused-ring (bicyclic) bond motifs is 1. The monoisotopic (exact) mass is 352 g/mol. The van der Waals surface area contributed by atoms with E-state index in [1.165, 1.54) is 0 Å². The first kappa shape index (κ1) is 16.4. The normalized spacial score (nSPS) is 18.7. The molecule has 0 aromatic heterocycles. The van der Waals surface area contributed by atoms with Crippen LogP contribution in [-0.4, -0.2) is 37.6 Å². The number of benzene rings is 2. The van der Waals surface area contributed by atoms with Crippen molar-refractivity contribution in [2.75, 3.05) is 24.7 Å². The van der Waals surface area contributed by atoms with Crippen LogP contribution in [0.5, 0.6) is 11.5 Å². The van der Waals surface area contributed by atoms with E-state index in [9.17, 15) is 9.59 Å². The number of hydrogen-bond donors (Lipinski definition) is 1. The molecule has 1 atom stereocenters. The molecule has 1 saturated heterocycles. The van der Waals surface area contributed by atoms with E-state index in [2.05, 4.69) is 5.32 Å². The summed E-state index contributed by atoms with van der Waals surface area (Å²) in [6, 6.07) is 12.6. The molecule has 0 unspecified atom stereocenters. The van der Waals surface area contributed by atoms with Crippen molar-refractivity contribution < 1.29 is 19.1 Å². The van der Waals surface area contributed by atoms with Crippen LogP contribution in [0.4, 0.5) is 5.69 Å². The van der Waals surface area contributed by atoms with Gasteiger partial charge < -0.3 is 19.7 Å². The van der Waals surface area contributed by atoms with Gasteiger partial charge in [0.05, 0.1) is 6.04 Å². The Hall–Kier alpha value is -3.02. The Bertz CT molecular complexity index is 847. The van der Waals surface area contributed by atoms with Crippen molar-refractivity contribution in [1.29, 1.82) is 0 Å². The predicted molar refractivity (Wildman–Crippen MR) is 96.8 cm³/mol. The molecule has 0 bridgehead atoms. The third kappa shape index (κ3) is 3.22. The van der Waals surface area contributed by atoms with E-state index >= 15 is 0 Å². The molecule has 0 radical (unpaired) electrons. The maximum atomic E-state index is 12.4. The van der Waals surface area contributed by atoms with Crippen molar-refractivity contribution in [2.24, 2.45) is 0 Å². The van der Waals surface area contributed by atoms with Crippen LogP contribution in [0.2, 0.25) is 0 Å². The zero-order valence-corrected chi connectivity index (χ0v) is 14.5. The number of hydrogen-bond acceptors (Lipinski definition) is 4. The summed E-state index contributed by atoms with van der Waals surface area (Å²) in [5.74, 6) is 1.16. The summed E-state index contributed by atoms with van der Waals surface area (Å²) in [5.41, 5.74) is 2.45. The first-order chi connectivity index (χ1) is 12.6. The van der Waals surface area contributed by atoms with E-state index in [4.69, 9.17) is 9.47 Å². The van der Waals surface area contributed by atoms with Gasteiger partial charge in [-0.25, -0.2) is 0 Å². The molecule has 2 aliphatic heterocycles. The van der Waals surface area contributed by atoms with Crippen molar-refractivity contribution in [3.05, 3.63) is 53.6 Å². The van der Waals surface area contributed by atoms with Gasteiger partial charge in [0, 0.05) is 30.3 Å². The van der Waals surface area contributed by atoms with Gasteiger partial charge in [-0.2, -0.15) is 0 Å². The van der Waals surface area contributed by atoms with Crippen LogP contribution < -0.4 is 19.7 Å². The second-order valence-corrected chi connectivity index (χ2v) is 6.57. The fourth-order valence-electron chi connectivity index (χ4n) is 3.23. The number of ether oxygens (including phenoxy) is 2. The van der Waals surface area contributed by atoms with Crippen molar-refractivity contribution in [2.45, 2.75) is 19.4 Å². The van der Waals surface area contributed by atoms with Crippen LogP contribution >= 0.6 is 0 Å². The van der Waals surface area contributed by atoms with Crippen LogP contribution in [0.25, 0.3) is 0 Å². The van der Waals surface area contributed by atoms with Crippen molar-refractivity contribution in [3.8, 4) is 11.5 Å². The minimum Gasteiger partial charge on any atom is -0.486 e. The topological polar surface area (TPSA) is 67.9 Å². The fourth-order valence-corrected chi connectivity index (χ4v) is 3.23. The van der Waals surface area contributed by atoms with Gasteiger partial charge in [-0.1, -0.05) is 17.7 Å². The van der Waals surface area contributed by atoms with Crippen LogP contribution in [0.1, 0.15) is 22.3 Å². The molecule has 6 nitrogen and oxygen atoms in total. The number of carbonyl (C=O) groups excluding carboxylic acids is 2. The number of rotatable bonds is 3. The van der Waals surface area contributed by atoms with E-state index in [1.54, 1.807) is 17.0 Å². The molecule has 26 heavy (non-hydrogen) atoms. The third-order valence-electron chi connectivity index (χ3n) is 4.61. The first-order valence-corrected chi connectivity index (χ1v) is 8.68. The van der Waals surface area contributed by atoms with Gasteiger partial charge in [0.2, 0.25) is 5.91 Å². The number of amides is 2. The van der Waals surface area contributed by atoms with Gasteiger partial charge in [0.25, 0.3) is 5.91 Å². The highest BCUT2D eigenvalue weighted by molar-refractivity contribution is 5.99. The van der Waals surface area contributed by atoms with E-state index in [-0.39, 0.29) is 24.3 Å². The molecule has 0 aliphatic carbocycles. The Kier molecular flexibility index (Phi) is 4.24. The van der Waals surface area contributed by atoms with Crippen molar-refractivity contribution in [1.82, 2.24) is 5.32 Å². The molecule has 2 aromatic carbocycles. The maximum Gasteiger partial charge on any atom is 0.251 e. The molecular formula is C20H20N2O4. The predicted octanol–water partition coefficient (Wildman–Crippen LogP) is 2.30. The summed E-state index contributed by atoms with van der Waals surface area (Å²) < 4.78 is 11.1. The summed E-state index contributed by atoms with van der Waals surface area (Å²) in [5, 5.41) is 2.95. The van der Waals surface area contributed by atoms with Gasteiger partial charge in [-0.15, -0.1) is 0 Å². The SMILES string of the molecule is Cc1ccc(C(=O)N[C@H]2CC(=O)N(c3ccc4c(c3)OCCO4)C2)cc1. The van der Waals surface area contributed by atoms with Crippen LogP contribution in [0.15, 0.2) is 42.5 Å². The summed E-state index contributed by atoms with van der Waals surface area (Å²) >= 11 is 0. The zero-order chi connectivity index (χ0) is 18.1. The zero-order valence-electron chi connectivity index (χ0n) is 14.5. The summed E-state index contributed by atoms with van der Waals surface area (Å²) in [4.78, 5) is 26.5. The van der Waals surface area contributed by atoms with Gasteiger partial charge in [-0.3, -0.25) is 9.59 Å². The second kappa shape index (κ2) is 6.71. The highest BCUT2D eigenvalue weighted by Crippen LogP contribution is 2.35. The molecule has 134 valence electrons. The number of nitrogens with one attached hydrogen (secondary N) is 1. The maximum absolute atomic E-state index is 12.4. The lowest BCUT2D eigenvalue weighted by Crippen LogP contribution is -2.37. The van der Waals surface area contributed by atoms with E-state index in [1.807, 2.05) is 37.3 Å². The fraction of sp³-hybridized carbons (Fsp3) is 0.300. The lowest BCUT2D eigenvalue weighted by atomic mass is 10.1. The average molecular weight is 352 g/mol. The lowest BCUT2D eigenvalue weighted by molar-refractivity contribution is -0.117. The number of carbonyl (C=O) groups is 2. The summed E-state index contributed by atoms with van der Waals surface area (Å²) in [7, 11) is 0. The van der Waals surface area contributed by atoms with E-state index in [0.29, 0.717) is 36.8 Å². The molecule has 0 spiro atoms. The van der Waals surface area contributed by atoms with Crippen LogP contribution in [-0.2, 0) is 4.79 Å². The number of nitrogens with zero attached hydrogens (tertiary/aromatic N) is 1. The Morgan fingerprint density at radius 3 is 2.58 bits per heavy atom. The quantitative estimate of drug-likeness (QED) is 0.920. The molecule has 1 fully saturated rings. The standard InChI is InChI=1S/C20H20N2O4/c1-13-2-4-14(5-3-13)20(24)21-15-10-19(23)22(12-15)16-6-7-17-18(11-16)26-9-8-25-17/h2-7,11,15H,8-10,12H2,1H3,(H,21,24)/t15-/m0/s1. The van der Waals surface area contributed by atoms with Gasteiger partial charge in [-0.05, 0) is 31.2 Å². The Labute approximate surface area is 151 Å². The Morgan fingerprint density at radius 1 is 1.08 bits per heavy atom. The summed E-state index contributed by atoms with van der Waals surface area (Å²) in [6.45, 7) is 3.44. The number of aryl methyl sites for hydroxylation is 1. The Morgan fingerprint density at radius 2 is 1.81 bits per heavy atom. The molecule has 6 heteroatoms. The molecule has 2 aliphatic rings.